The lowest BCUT2D eigenvalue weighted by atomic mass is 10.1. The second-order valence-electron chi connectivity index (χ2n) is 11.0. The number of anilines is 2. The highest BCUT2D eigenvalue weighted by Crippen LogP contribution is 2.34. The van der Waals surface area contributed by atoms with Gasteiger partial charge >= 0.3 is 18.0 Å². The summed E-state index contributed by atoms with van der Waals surface area (Å²) in [5.74, 6) is -1.51. The second kappa shape index (κ2) is 13.1. The number of nitrogens with zero attached hydrogens (tertiary/aromatic N) is 7. The van der Waals surface area contributed by atoms with Crippen LogP contribution in [0.4, 0.5) is 24.5 Å². The first kappa shape index (κ1) is 32.9. The monoisotopic (exact) mass is 664 g/mol. The molecule has 2 aromatic heterocycles. The number of aromatic nitrogens is 4. The molecule has 0 saturated carbocycles. The molecule has 0 spiro atoms. The van der Waals surface area contributed by atoms with Crippen LogP contribution in [0.3, 0.4) is 0 Å². The van der Waals surface area contributed by atoms with E-state index in [0.717, 1.165) is 28.3 Å². The summed E-state index contributed by atoms with van der Waals surface area (Å²) < 4.78 is 47.5. The number of amides is 3. The van der Waals surface area contributed by atoms with Gasteiger partial charge in [0.15, 0.2) is 5.82 Å². The van der Waals surface area contributed by atoms with Crippen LogP contribution < -0.4 is 15.8 Å². The van der Waals surface area contributed by atoms with Crippen molar-refractivity contribution in [3.63, 3.8) is 0 Å². The Morgan fingerprint density at radius 3 is 2.43 bits per heavy atom. The number of ether oxygens (including phenoxy) is 1. The molecule has 4 heterocycles. The summed E-state index contributed by atoms with van der Waals surface area (Å²) in [6.45, 7) is 3.08. The van der Waals surface area contributed by atoms with Crippen LogP contribution in [0.5, 0.6) is 0 Å². The van der Waals surface area contributed by atoms with Crippen molar-refractivity contribution in [1.29, 1.82) is 0 Å². The number of rotatable bonds is 6. The van der Waals surface area contributed by atoms with E-state index in [-0.39, 0.29) is 54.9 Å². The first-order valence-corrected chi connectivity index (χ1v) is 14.9. The molecule has 1 saturated heterocycles. The van der Waals surface area contributed by atoms with Crippen molar-refractivity contribution in [1.82, 2.24) is 29.0 Å². The first-order chi connectivity index (χ1) is 21.8. The lowest BCUT2D eigenvalue weighted by Crippen LogP contribution is -2.53. The molecule has 1 aromatic carbocycles. The van der Waals surface area contributed by atoms with E-state index < -0.39 is 35.0 Å². The first-order valence-electron chi connectivity index (χ1n) is 14.5. The summed E-state index contributed by atoms with van der Waals surface area (Å²) in [7, 11) is 2.98. The van der Waals surface area contributed by atoms with Crippen LogP contribution in [0.2, 0.25) is 5.02 Å². The number of benzene rings is 1. The highest BCUT2D eigenvalue weighted by Gasteiger charge is 2.32. The normalized spacial score (nSPS) is 15.6. The van der Waals surface area contributed by atoms with Crippen molar-refractivity contribution in [2.75, 3.05) is 63.7 Å². The van der Waals surface area contributed by atoms with Crippen molar-refractivity contribution < 1.29 is 32.3 Å². The van der Waals surface area contributed by atoms with Crippen LogP contribution in [0, 0.1) is 0 Å². The standard InChI is InChI=1S/C29H32ClF3N8O5/c1-4-21-23(38-9-11-39(12-10-38)27(45)26(44)37(2)3)25(43)41-28(35-24(36-41)17-7-13-46-14-8-17)40(21)16-22(42)34-20-6-5-18(15-19(20)30)29(31,32)33/h5-7,15H,4,8-14,16H2,1-3H3,(H,34,42). The van der Waals surface area contributed by atoms with Gasteiger partial charge in [-0.2, -0.15) is 22.7 Å². The Kier molecular flexibility index (Phi) is 9.39. The predicted octanol–water partition coefficient (Wildman–Crippen LogP) is 2.30. The van der Waals surface area contributed by atoms with Crippen molar-refractivity contribution in [3.8, 4) is 0 Å². The van der Waals surface area contributed by atoms with Crippen LogP contribution in [0.1, 0.15) is 30.4 Å². The summed E-state index contributed by atoms with van der Waals surface area (Å²) in [5, 5.41) is 6.77. The van der Waals surface area contributed by atoms with E-state index in [1.165, 1.54) is 23.9 Å². The number of hydrogen-bond donors (Lipinski definition) is 1. The van der Waals surface area contributed by atoms with Gasteiger partial charge in [-0.3, -0.25) is 19.2 Å². The van der Waals surface area contributed by atoms with E-state index in [4.69, 9.17) is 16.3 Å². The molecule has 3 aromatic rings. The number of halogens is 4. The molecule has 2 aliphatic heterocycles. The molecule has 13 nitrogen and oxygen atoms in total. The maximum atomic E-state index is 14.0. The number of alkyl halides is 3. The number of nitrogens with one attached hydrogen (secondary N) is 1. The lowest BCUT2D eigenvalue weighted by molar-refractivity contribution is -0.150. The van der Waals surface area contributed by atoms with Crippen molar-refractivity contribution in [2.45, 2.75) is 32.5 Å². The van der Waals surface area contributed by atoms with Crippen LogP contribution in [0.25, 0.3) is 11.4 Å². The van der Waals surface area contributed by atoms with Gasteiger partial charge in [-0.05, 0) is 36.6 Å². The van der Waals surface area contributed by atoms with E-state index >= 15 is 0 Å². The Morgan fingerprint density at radius 2 is 1.85 bits per heavy atom. The molecule has 1 fully saturated rings. The third kappa shape index (κ3) is 6.58. The molecule has 0 atom stereocenters. The number of carbonyl (C=O) groups excluding carboxylic acids is 3. The predicted molar refractivity (Wildman–Crippen MR) is 163 cm³/mol. The Morgan fingerprint density at radius 1 is 1.13 bits per heavy atom. The number of carbonyl (C=O) groups is 3. The minimum absolute atomic E-state index is 0.0161. The Hall–Kier alpha value is -4.44. The largest absolute Gasteiger partial charge is 0.416 e. The van der Waals surface area contributed by atoms with Gasteiger partial charge < -0.3 is 29.3 Å². The van der Waals surface area contributed by atoms with Gasteiger partial charge in [-0.25, -0.2) is 0 Å². The highest BCUT2D eigenvalue weighted by molar-refractivity contribution is 6.35. The van der Waals surface area contributed by atoms with Gasteiger partial charge in [0.05, 0.1) is 35.2 Å². The van der Waals surface area contributed by atoms with E-state index in [1.807, 2.05) is 13.0 Å². The van der Waals surface area contributed by atoms with Crippen LogP contribution in [-0.4, -0.2) is 100 Å². The fraction of sp³-hybridized carbons (Fsp3) is 0.448. The zero-order valence-electron chi connectivity index (χ0n) is 25.4. The molecule has 3 amide bonds. The van der Waals surface area contributed by atoms with Crippen molar-refractivity contribution in [3.05, 3.63) is 56.7 Å². The zero-order chi connectivity index (χ0) is 33.3. The van der Waals surface area contributed by atoms with Crippen molar-refractivity contribution >= 4 is 52.0 Å². The lowest BCUT2D eigenvalue weighted by Gasteiger charge is -2.36. The maximum absolute atomic E-state index is 14.0. The zero-order valence-corrected chi connectivity index (χ0v) is 26.1. The van der Waals surface area contributed by atoms with Crippen LogP contribution >= 0.6 is 11.6 Å². The van der Waals surface area contributed by atoms with E-state index in [9.17, 15) is 32.3 Å². The average molecular weight is 665 g/mol. The summed E-state index contributed by atoms with van der Waals surface area (Å²) in [6, 6.07) is 2.62. The molecule has 0 radical (unpaired) electrons. The molecule has 17 heteroatoms. The molecule has 2 aliphatic rings. The fourth-order valence-corrected chi connectivity index (χ4v) is 5.61. The van der Waals surface area contributed by atoms with Gasteiger partial charge in [0.1, 0.15) is 12.2 Å². The summed E-state index contributed by atoms with van der Waals surface area (Å²) in [5.41, 5.74) is 0.0671. The third-order valence-corrected chi connectivity index (χ3v) is 8.07. The van der Waals surface area contributed by atoms with Gasteiger partial charge in [0.2, 0.25) is 11.7 Å². The molecular formula is C29H32ClF3N8O5. The van der Waals surface area contributed by atoms with E-state index in [2.05, 4.69) is 15.4 Å². The highest BCUT2D eigenvalue weighted by atomic mass is 35.5. The SMILES string of the molecule is CCc1c(N2CCN(C(=O)C(=O)N(C)C)CC2)c(=O)n2nc(C3=CCOCC3)nc2n1CC(=O)Nc1ccc(C(F)(F)F)cc1Cl. The topological polar surface area (TPSA) is 134 Å². The van der Waals surface area contributed by atoms with Gasteiger partial charge in [-0.1, -0.05) is 24.6 Å². The number of fused-ring (bicyclic) bond motifs is 1. The summed E-state index contributed by atoms with van der Waals surface area (Å²) in [4.78, 5) is 61.3. The minimum Gasteiger partial charge on any atom is -0.377 e. The van der Waals surface area contributed by atoms with Crippen molar-refractivity contribution in [2.24, 2.45) is 0 Å². The Balaban J connectivity index is 1.52. The molecule has 0 bridgehead atoms. The average Bonchev–Trinajstić information content (AvgIpc) is 3.48. The molecule has 0 unspecified atom stereocenters. The molecule has 246 valence electrons. The fourth-order valence-electron chi connectivity index (χ4n) is 5.38. The van der Waals surface area contributed by atoms with Gasteiger partial charge in [0.25, 0.3) is 5.56 Å². The van der Waals surface area contributed by atoms with E-state index in [0.29, 0.717) is 37.6 Å². The Bertz CT molecular complexity index is 1780. The maximum Gasteiger partial charge on any atom is 0.416 e. The third-order valence-electron chi connectivity index (χ3n) is 7.76. The summed E-state index contributed by atoms with van der Waals surface area (Å²) >= 11 is 6.08. The second-order valence-corrected chi connectivity index (χ2v) is 11.4. The Labute approximate surface area is 266 Å². The molecule has 5 rings (SSSR count). The van der Waals surface area contributed by atoms with Gasteiger partial charge in [0, 0.05) is 40.3 Å². The van der Waals surface area contributed by atoms with Crippen LogP contribution in [0.15, 0.2) is 29.1 Å². The van der Waals surface area contributed by atoms with Crippen LogP contribution in [-0.2, 0) is 38.3 Å². The molecule has 1 N–H and O–H groups in total. The quantitative estimate of drug-likeness (QED) is 0.397. The molecular weight excluding hydrogens is 633 g/mol. The summed E-state index contributed by atoms with van der Waals surface area (Å²) in [6.07, 6.45) is -1.97. The molecule has 0 aliphatic carbocycles. The smallest absolute Gasteiger partial charge is 0.377 e. The molecule has 46 heavy (non-hydrogen) atoms. The minimum atomic E-state index is -4.61. The number of likely N-dealkylation sites (N-methyl/N-ethyl adjacent to an activating group) is 1. The van der Waals surface area contributed by atoms with Gasteiger partial charge in [-0.15, -0.1) is 5.10 Å². The van der Waals surface area contributed by atoms with E-state index in [1.54, 1.807) is 9.47 Å². The number of hydrogen-bond acceptors (Lipinski definition) is 8. The number of piperazine rings is 1.